The third kappa shape index (κ3) is 7.97. The van der Waals surface area contributed by atoms with Gasteiger partial charge >= 0.3 is 0 Å². The van der Waals surface area contributed by atoms with E-state index in [-0.39, 0.29) is 5.78 Å². The van der Waals surface area contributed by atoms with Gasteiger partial charge in [0, 0.05) is 31.4 Å². The zero-order valence-electron chi connectivity index (χ0n) is 19.2. The number of ether oxygens (including phenoxy) is 2. The zero-order chi connectivity index (χ0) is 21.7. The summed E-state index contributed by atoms with van der Waals surface area (Å²) in [7, 11) is 0. The fraction of sp³-hybridized carbons (Fsp3) is 0.654. The van der Waals surface area contributed by atoms with Crippen molar-refractivity contribution in [3.8, 4) is 5.75 Å². The highest BCUT2D eigenvalue weighted by molar-refractivity contribution is 5.98. The van der Waals surface area contributed by atoms with Crippen molar-refractivity contribution >= 4 is 16.8 Å². The number of Topliss-reactive ketones (excluding diaryl/α,β-unsaturated/α-hetero) is 1. The van der Waals surface area contributed by atoms with E-state index in [0.717, 1.165) is 50.4 Å². The molecule has 1 aliphatic rings. The Morgan fingerprint density at radius 2 is 1.71 bits per heavy atom. The Labute approximate surface area is 187 Å². The van der Waals surface area contributed by atoms with E-state index in [2.05, 4.69) is 11.8 Å². The van der Waals surface area contributed by atoms with E-state index in [9.17, 15) is 4.79 Å². The maximum absolute atomic E-state index is 12.6. The Morgan fingerprint density at radius 1 is 1.00 bits per heavy atom. The Hall–Kier alpha value is -1.85. The van der Waals surface area contributed by atoms with Crippen LogP contribution in [0.15, 0.2) is 28.7 Å². The van der Waals surface area contributed by atoms with Gasteiger partial charge in [-0.2, -0.15) is 0 Å². The standard InChI is InChI=1S/C26H39NO4/c1-2-3-4-5-6-7-8-9-10-18-30-24-13-11-12-22-21-25(31-26(22)24)23(28)14-15-27-16-19-29-20-17-27/h11-13,21H,2-10,14-20H2,1H3. The number of nitrogens with zero attached hydrogens (tertiary/aromatic N) is 1. The molecule has 31 heavy (non-hydrogen) atoms. The highest BCUT2D eigenvalue weighted by Gasteiger charge is 2.17. The van der Waals surface area contributed by atoms with Gasteiger partial charge in [-0.15, -0.1) is 0 Å². The molecule has 0 saturated carbocycles. The largest absolute Gasteiger partial charge is 0.490 e. The van der Waals surface area contributed by atoms with Crippen molar-refractivity contribution in [3.05, 3.63) is 30.0 Å². The maximum Gasteiger partial charge on any atom is 0.199 e. The Kier molecular flexibility index (Phi) is 10.4. The summed E-state index contributed by atoms with van der Waals surface area (Å²) in [5.41, 5.74) is 0.688. The van der Waals surface area contributed by atoms with Gasteiger partial charge in [-0.25, -0.2) is 0 Å². The summed E-state index contributed by atoms with van der Waals surface area (Å²) in [5, 5.41) is 0.930. The van der Waals surface area contributed by atoms with Crippen molar-refractivity contribution in [2.75, 3.05) is 39.5 Å². The van der Waals surface area contributed by atoms with Crippen LogP contribution in [0.3, 0.4) is 0 Å². The smallest absolute Gasteiger partial charge is 0.199 e. The minimum Gasteiger partial charge on any atom is -0.490 e. The van der Waals surface area contributed by atoms with Crippen molar-refractivity contribution in [1.29, 1.82) is 0 Å². The lowest BCUT2D eigenvalue weighted by atomic mass is 10.1. The molecule has 0 radical (unpaired) electrons. The van der Waals surface area contributed by atoms with Crippen LogP contribution in [0.5, 0.6) is 5.75 Å². The molecule has 172 valence electrons. The van der Waals surface area contributed by atoms with Crippen molar-refractivity contribution in [3.63, 3.8) is 0 Å². The third-order valence-corrected chi connectivity index (χ3v) is 6.05. The molecular formula is C26H39NO4. The van der Waals surface area contributed by atoms with Gasteiger partial charge in [0.2, 0.25) is 0 Å². The number of unbranched alkanes of at least 4 members (excludes halogenated alkanes) is 8. The predicted molar refractivity (Wildman–Crippen MR) is 125 cm³/mol. The number of carbonyl (C=O) groups is 1. The summed E-state index contributed by atoms with van der Waals surface area (Å²) < 4.78 is 17.3. The van der Waals surface area contributed by atoms with Crippen LogP contribution in [-0.4, -0.2) is 50.1 Å². The fourth-order valence-electron chi connectivity index (χ4n) is 4.09. The van der Waals surface area contributed by atoms with Gasteiger partial charge < -0.3 is 13.9 Å². The summed E-state index contributed by atoms with van der Waals surface area (Å²) in [6.07, 6.45) is 12.1. The molecule has 1 aromatic heterocycles. The maximum atomic E-state index is 12.6. The first-order valence-corrected chi connectivity index (χ1v) is 12.3. The molecule has 5 nitrogen and oxygen atoms in total. The normalized spacial score (nSPS) is 14.9. The Balaban J connectivity index is 1.40. The average molecular weight is 430 g/mol. The molecule has 1 fully saturated rings. The molecule has 3 rings (SSSR count). The van der Waals surface area contributed by atoms with Crippen molar-refractivity contribution in [2.45, 2.75) is 71.1 Å². The number of hydrogen-bond acceptors (Lipinski definition) is 5. The van der Waals surface area contributed by atoms with Crippen molar-refractivity contribution < 1.29 is 18.7 Å². The molecule has 1 saturated heterocycles. The van der Waals surface area contributed by atoms with E-state index < -0.39 is 0 Å². The van der Waals surface area contributed by atoms with Gasteiger partial charge in [0.1, 0.15) is 0 Å². The molecule has 0 atom stereocenters. The SMILES string of the molecule is CCCCCCCCCCCOc1cccc2cc(C(=O)CCN3CCOCC3)oc12. The van der Waals surface area contributed by atoms with Crippen LogP contribution in [-0.2, 0) is 4.74 Å². The molecule has 0 bridgehead atoms. The zero-order valence-corrected chi connectivity index (χ0v) is 19.2. The predicted octanol–water partition coefficient (Wildman–Crippen LogP) is 6.25. The van der Waals surface area contributed by atoms with Crippen molar-refractivity contribution in [1.82, 2.24) is 4.90 Å². The summed E-state index contributed by atoms with van der Waals surface area (Å²) in [6.45, 7) is 6.98. The number of ketones is 1. The van der Waals surface area contributed by atoms with Crippen LogP contribution >= 0.6 is 0 Å². The Morgan fingerprint density at radius 3 is 2.45 bits per heavy atom. The molecule has 0 unspecified atom stereocenters. The lowest BCUT2D eigenvalue weighted by molar-refractivity contribution is 0.0368. The topological polar surface area (TPSA) is 51.9 Å². The van der Waals surface area contributed by atoms with Crippen LogP contribution in [0.1, 0.15) is 81.7 Å². The van der Waals surface area contributed by atoms with E-state index >= 15 is 0 Å². The molecule has 0 N–H and O–H groups in total. The summed E-state index contributed by atoms with van der Waals surface area (Å²) in [6, 6.07) is 7.72. The molecule has 2 heterocycles. The van der Waals surface area contributed by atoms with Crippen LogP contribution in [0.2, 0.25) is 0 Å². The van der Waals surface area contributed by atoms with Crippen LogP contribution in [0.25, 0.3) is 11.0 Å². The molecule has 2 aromatic rings. The minimum atomic E-state index is 0.0487. The molecular weight excluding hydrogens is 390 g/mol. The van der Waals surface area contributed by atoms with Gasteiger partial charge in [0.05, 0.1) is 19.8 Å². The first-order chi connectivity index (χ1) is 15.3. The molecule has 0 amide bonds. The van der Waals surface area contributed by atoms with Gasteiger partial charge in [-0.1, -0.05) is 70.4 Å². The quantitative estimate of drug-likeness (QED) is 0.247. The second-order valence-electron chi connectivity index (χ2n) is 8.59. The molecule has 1 aromatic carbocycles. The van der Waals surface area contributed by atoms with Crippen LogP contribution < -0.4 is 4.74 Å². The third-order valence-electron chi connectivity index (χ3n) is 6.05. The lowest BCUT2D eigenvalue weighted by Crippen LogP contribution is -2.37. The fourth-order valence-corrected chi connectivity index (χ4v) is 4.09. The highest BCUT2D eigenvalue weighted by atomic mass is 16.5. The van der Waals surface area contributed by atoms with E-state index in [0.29, 0.717) is 24.4 Å². The molecule has 0 spiro atoms. The lowest BCUT2D eigenvalue weighted by Gasteiger charge is -2.25. The number of fused-ring (bicyclic) bond motifs is 1. The molecule has 1 aliphatic heterocycles. The van der Waals surface area contributed by atoms with Gasteiger partial charge in [-0.3, -0.25) is 9.69 Å². The number of para-hydroxylation sites is 1. The first kappa shape index (κ1) is 23.8. The highest BCUT2D eigenvalue weighted by Crippen LogP contribution is 2.29. The number of carbonyl (C=O) groups excluding carboxylic acids is 1. The minimum absolute atomic E-state index is 0.0487. The number of benzene rings is 1. The summed E-state index contributed by atoms with van der Waals surface area (Å²) >= 11 is 0. The van der Waals surface area contributed by atoms with Gasteiger partial charge in [0.25, 0.3) is 0 Å². The second-order valence-corrected chi connectivity index (χ2v) is 8.59. The van der Waals surface area contributed by atoms with E-state index in [4.69, 9.17) is 13.9 Å². The summed E-state index contributed by atoms with van der Waals surface area (Å²) in [4.78, 5) is 14.9. The Bertz CT molecular complexity index is 779. The molecule has 0 aliphatic carbocycles. The monoisotopic (exact) mass is 429 g/mol. The number of morpholine rings is 1. The second kappa shape index (κ2) is 13.5. The van der Waals surface area contributed by atoms with Gasteiger partial charge in [0.15, 0.2) is 22.9 Å². The number of rotatable bonds is 15. The van der Waals surface area contributed by atoms with Crippen molar-refractivity contribution in [2.24, 2.45) is 0 Å². The van der Waals surface area contributed by atoms with Crippen LogP contribution in [0, 0.1) is 0 Å². The number of furan rings is 1. The first-order valence-electron chi connectivity index (χ1n) is 12.3. The number of hydrogen-bond donors (Lipinski definition) is 0. The van der Waals surface area contributed by atoms with Crippen LogP contribution in [0.4, 0.5) is 0 Å². The van der Waals surface area contributed by atoms with E-state index in [1.807, 2.05) is 24.3 Å². The molecule has 5 heteroatoms. The van der Waals surface area contributed by atoms with E-state index in [1.54, 1.807) is 0 Å². The average Bonchev–Trinajstić information content (AvgIpc) is 3.25. The van der Waals surface area contributed by atoms with E-state index in [1.165, 1.54) is 51.4 Å². The van der Waals surface area contributed by atoms with Gasteiger partial charge in [-0.05, 0) is 18.6 Å². The summed E-state index contributed by atoms with van der Waals surface area (Å²) in [5.74, 6) is 1.22.